The molecule has 6 nitrogen and oxygen atoms in total. The van der Waals surface area contributed by atoms with E-state index in [0.717, 1.165) is 37.6 Å². The molecular formula is C19H23N3O3. The minimum Gasteiger partial charge on any atom is -0.508 e. The molecule has 0 radical (unpaired) electrons. The Labute approximate surface area is 147 Å². The van der Waals surface area contributed by atoms with Crippen LogP contribution in [0.4, 0.5) is 11.4 Å². The first-order valence-corrected chi connectivity index (χ1v) is 8.34. The second-order valence-electron chi connectivity index (χ2n) is 6.06. The summed E-state index contributed by atoms with van der Waals surface area (Å²) in [5, 5.41) is 12.1. The minimum absolute atomic E-state index is 0.0412. The summed E-state index contributed by atoms with van der Waals surface area (Å²) in [5.74, 6) is 1.00. The highest BCUT2D eigenvalue weighted by Gasteiger charge is 2.19. The fourth-order valence-corrected chi connectivity index (χ4v) is 2.92. The number of hydrogen-bond acceptors (Lipinski definition) is 5. The summed E-state index contributed by atoms with van der Waals surface area (Å²) in [6.07, 6.45) is 0. The molecule has 25 heavy (non-hydrogen) atoms. The van der Waals surface area contributed by atoms with E-state index in [9.17, 15) is 9.90 Å². The topological polar surface area (TPSA) is 65.0 Å². The van der Waals surface area contributed by atoms with Crippen LogP contribution in [0.3, 0.4) is 0 Å². The summed E-state index contributed by atoms with van der Waals surface area (Å²) in [6.45, 7) is 3.78. The normalized spacial score (nSPS) is 15.0. The molecule has 1 aliphatic heterocycles. The monoisotopic (exact) mass is 341 g/mol. The molecule has 6 heteroatoms. The first-order valence-electron chi connectivity index (χ1n) is 8.34. The van der Waals surface area contributed by atoms with Gasteiger partial charge in [0.05, 0.1) is 13.7 Å². The Kier molecular flexibility index (Phi) is 5.40. The van der Waals surface area contributed by atoms with Crippen molar-refractivity contribution in [2.45, 2.75) is 0 Å². The first-order chi connectivity index (χ1) is 12.1. The third-order valence-corrected chi connectivity index (χ3v) is 4.31. The number of benzene rings is 2. The number of nitrogens with zero attached hydrogens (tertiary/aromatic N) is 2. The Morgan fingerprint density at radius 3 is 2.52 bits per heavy atom. The van der Waals surface area contributed by atoms with Crippen LogP contribution in [0, 0.1) is 0 Å². The number of rotatable bonds is 5. The summed E-state index contributed by atoms with van der Waals surface area (Å²) < 4.78 is 5.28. The number of carbonyl (C=O) groups is 1. The lowest BCUT2D eigenvalue weighted by Gasteiger charge is -2.35. The summed E-state index contributed by atoms with van der Waals surface area (Å²) in [7, 11) is 1.67. The van der Waals surface area contributed by atoms with Gasteiger partial charge in [0.2, 0.25) is 5.91 Å². The maximum atomic E-state index is 12.2. The molecule has 0 aliphatic carbocycles. The average molecular weight is 341 g/mol. The Hall–Kier alpha value is -2.73. The van der Waals surface area contributed by atoms with Gasteiger partial charge in [0, 0.05) is 43.6 Å². The molecule has 0 saturated carbocycles. The predicted molar refractivity (Wildman–Crippen MR) is 98.4 cm³/mol. The fourth-order valence-electron chi connectivity index (χ4n) is 2.92. The molecule has 0 spiro atoms. The molecule has 1 fully saturated rings. The molecule has 0 unspecified atom stereocenters. The van der Waals surface area contributed by atoms with E-state index in [4.69, 9.17) is 4.74 Å². The highest BCUT2D eigenvalue weighted by Crippen LogP contribution is 2.22. The number of carbonyl (C=O) groups excluding carboxylic acids is 1. The molecule has 1 amide bonds. The number of nitrogens with one attached hydrogen (secondary N) is 1. The van der Waals surface area contributed by atoms with Gasteiger partial charge in [-0.2, -0.15) is 0 Å². The van der Waals surface area contributed by atoms with Gasteiger partial charge >= 0.3 is 0 Å². The van der Waals surface area contributed by atoms with Crippen LogP contribution in [0.25, 0.3) is 0 Å². The molecule has 2 aromatic rings. The van der Waals surface area contributed by atoms with Gasteiger partial charge in [0.1, 0.15) is 11.5 Å². The van der Waals surface area contributed by atoms with Crippen LogP contribution in [0.15, 0.2) is 48.5 Å². The van der Waals surface area contributed by atoms with Crippen molar-refractivity contribution < 1.29 is 14.6 Å². The third-order valence-electron chi connectivity index (χ3n) is 4.31. The number of hydrogen-bond donors (Lipinski definition) is 2. The summed E-state index contributed by atoms with van der Waals surface area (Å²) in [5.41, 5.74) is 1.84. The standard InChI is InChI=1S/C19H23N3O3/c1-25-18-4-2-3-16(13-18)22-11-9-21(10-12-22)14-19(24)20-15-5-7-17(23)8-6-15/h2-8,13,23H,9-12,14H2,1H3,(H,20,24). The van der Waals surface area contributed by atoms with E-state index < -0.39 is 0 Å². The molecule has 1 aliphatic rings. The number of phenols is 1. The molecular weight excluding hydrogens is 318 g/mol. The Bertz CT molecular complexity index is 710. The third kappa shape index (κ3) is 4.64. The van der Waals surface area contributed by atoms with Crippen molar-refractivity contribution in [3.8, 4) is 11.5 Å². The molecule has 2 N–H and O–H groups in total. The van der Waals surface area contributed by atoms with Gasteiger partial charge in [0.15, 0.2) is 0 Å². The fraction of sp³-hybridized carbons (Fsp3) is 0.316. The van der Waals surface area contributed by atoms with Crippen LogP contribution >= 0.6 is 0 Å². The second kappa shape index (κ2) is 7.90. The molecule has 3 rings (SSSR count). The quantitative estimate of drug-likeness (QED) is 0.816. The zero-order chi connectivity index (χ0) is 17.6. The van der Waals surface area contributed by atoms with E-state index in [1.807, 2.05) is 18.2 Å². The summed E-state index contributed by atoms with van der Waals surface area (Å²) in [6, 6.07) is 14.5. The van der Waals surface area contributed by atoms with E-state index in [-0.39, 0.29) is 11.7 Å². The molecule has 0 atom stereocenters. The zero-order valence-corrected chi connectivity index (χ0v) is 14.3. The SMILES string of the molecule is COc1cccc(N2CCN(CC(=O)Nc3ccc(O)cc3)CC2)c1. The van der Waals surface area contributed by atoms with Gasteiger partial charge in [-0.1, -0.05) is 6.07 Å². The largest absolute Gasteiger partial charge is 0.508 e. The maximum absolute atomic E-state index is 12.2. The van der Waals surface area contributed by atoms with E-state index >= 15 is 0 Å². The summed E-state index contributed by atoms with van der Waals surface area (Å²) >= 11 is 0. The van der Waals surface area contributed by atoms with Crippen molar-refractivity contribution in [2.24, 2.45) is 0 Å². The van der Waals surface area contributed by atoms with Gasteiger partial charge < -0.3 is 20.1 Å². The lowest BCUT2D eigenvalue weighted by molar-refractivity contribution is -0.117. The van der Waals surface area contributed by atoms with Crippen molar-refractivity contribution >= 4 is 17.3 Å². The number of methoxy groups -OCH3 is 1. The minimum atomic E-state index is -0.0412. The van der Waals surface area contributed by atoms with Gasteiger partial charge in [0.25, 0.3) is 0 Å². The predicted octanol–water partition coefficient (Wildman–Crippen LogP) is 2.16. The van der Waals surface area contributed by atoms with Gasteiger partial charge in [-0.25, -0.2) is 0 Å². The first kappa shape index (κ1) is 17.1. The van der Waals surface area contributed by atoms with Crippen molar-refractivity contribution in [1.29, 1.82) is 0 Å². The highest BCUT2D eigenvalue weighted by molar-refractivity contribution is 5.92. The van der Waals surface area contributed by atoms with Crippen molar-refractivity contribution in [2.75, 3.05) is 50.1 Å². The summed E-state index contributed by atoms with van der Waals surface area (Å²) in [4.78, 5) is 16.6. The highest BCUT2D eigenvalue weighted by atomic mass is 16.5. The number of piperazine rings is 1. The molecule has 2 aromatic carbocycles. The zero-order valence-electron chi connectivity index (χ0n) is 14.3. The van der Waals surface area contributed by atoms with Gasteiger partial charge in [-0.05, 0) is 36.4 Å². The number of anilines is 2. The van der Waals surface area contributed by atoms with Gasteiger partial charge in [-0.3, -0.25) is 9.69 Å². The second-order valence-corrected chi connectivity index (χ2v) is 6.06. The van der Waals surface area contributed by atoms with Crippen LogP contribution in [0.1, 0.15) is 0 Å². The van der Waals surface area contributed by atoms with Crippen molar-refractivity contribution in [3.05, 3.63) is 48.5 Å². The average Bonchev–Trinajstić information content (AvgIpc) is 2.64. The van der Waals surface area contributed by atoms with E-state index in [2.05, 4.69) is 21.2 Å². The van der Waals surface area contributed by atoms with Crippen LogP contribution in [0.5, 0.6) is 11.5 Å². The van der Waals surface area contributed by atoms with Crippen LogP contribution < -0.4 is 15.0 Å². The lowest BCUT2D eigenvalue weighted by Crippen LogP contribution is -2.48. The Morgan fingerprint density at radius 2 is 1.84 bits per heavy atom. The van der Waals surface area contributed by atoms with E-state index in [1.165, 1.54) is 0 Å². The van der Waals surface area contributed by atoms with E-state index in [1.54, 1.807) is 31.4 Å². The van der Waals surface area contributed by atoms with Crippen molar-refractivity contribution in [1.82, 2.24) is 4.90 Å². The molecule has 1 saturated heterocycles. The molecule has 1 heterocycles. The molecule has 0 bridgehead atoms. The van der Waals surface area contributed by atoms with E-state index in [0.29, 0.717) is 12.2 Å². The smallest absolute Gasteiger partial charge is 0.238 e. The number of amides is 1. The lowest BCUT2D eigenvalue weighted by atomic mass is 10.2. The maximum Gasteiger partial charge on any atom is 0.238 e. The van der Waals surface area contributed by atoms with Crippen LogP contribution in [-0.2, 0) is 4.79 Å². The van der Waals surface area contributed by atoms with Gasteiger partial charge in [-0.15, -0.1) is 0 Å². The van der Waals surface area contributed by atoms with Crippen LogP contribution in [-0.4, -0.2) is 55.7 Å². The number of ether oxygens (including phenoxy) is 1. The van der Waals surface area contributed by atoms with Crippen LogP contribution in [0.2, 0.25) is 0 Å². The number of aromatic hydroxyl groups is 1. The molecule has 0 aromatic heterocycles. The Morgan fingerprint density at radius 1 is 1.12 bits per heavy atom. The Balaban J connectivity index is 1.48. The van der Waals surface area contributed by atoms with Crippen molar-refractivity contribution in [3.63, 3.8) is 0 Å². The number of phenolic OH excluding ortho intramolecular Hbond substituents is 1. The molecule has 132 valence electrons.